The van der Waals surface area contributed by atoms with Gasteiger partial charge in [0, 0.05) is 0 Å². The van der Waals surface area contributed by atoms with Crippen LogP contribution in [0.5, 0.6) is 5.75 Å². The predicted molar refractivity (Wildman–Crippen MR) is 98.7 cm³/mol. The van der Waals surface area contributed by atoms with Crippen molar-refractivity contribution in [3.05, 3.63) is 51.6 Å². The summed E-state index contributed by atoms with van der Waals surface area (Å²) in [6.07, 6.45) is 0. The second-order valence-corrected chi connectivity index (χ2v) is 8.06. The molecule has 4 nitrogen and oxygen atoms in total. The Hall–Kier alpha value is -2.15. The number of sulfonamides is 1. The van der Waals surface area contributed by atoms with Gasteiger partial charge in [0.1, 0.15) is 5.75 Å². The SMILES string of the molecule is Cc1ccc(OC(F)F)c(NS(=O)(=O)c2c(C)c(C)c(C)c(C)c2C)c1. The van der Waals surface area contributed by atoms with Crippen molar-refractivity contribution in [3.8, 4) is 5.75 Å². The Bertz CT molecular complexity index is 925. The highest BCUT2D eigenvalue weighted by Gasteiger charge is 2.25. The molecular formula is C19H23F2NO3S. The molecule has 7 heteroatoms. The van der Waals surface area contributed by atoms with Crippen LogP contribution in [0.3, 0.4) is 0 Å². The van der Waals surface area contributed by atoms with Crippen molar-refractivity contribution in [2.24, 2.45) is 0 Å². The topological polar surface area (TPSA) is 55.4 Å². The van der Waals surface area contributed by atoms with Crippen molar-refractivity contribution in [1.82, 2.24) is 0 Å². The Morgan fingerprint density at radius 3 is 1.88 bits per heavy atom. The van der Waals surface area contributed by atoms with Gasteiger partial charge in [0.05, 0.1) is 10.6 Å². The minimum absolute atomic E-state index is 0.0139. The smallest absolute Gasteiger partial charge is 0.387 e. The molecule has 0 saturated carbocycles. The van der Waals surface area contributed by atoms with E-state index < -0.39 is 16.6 Å². The highest BCUT2D eigenvalue weighted by Crippen LogP contribution is 2.33. The van der Waals surface area contributed by atoms with Gasteiger partial charge in [-0.05, 0) is 87.1 Å². The van der Waals surface area contributed by atoms with Gasteiger partial charge in [-0.2, -0.15) is 8.78 Å². The van der Waals surface area contributed by atoms with Gasteiger partial charge in [-0.25, -0.2) is 8.42 Å². The number of ether oxygens (including phenoxy) is 1. The molecule has 0 aromatic heterocycles. The first-order chi connectivity index (χ1) is 12.0. The first-order valence-electron chi connectivity index (χ1n) is 8.11. The lowest BCUT2D eigenvalue weighted by Crippen LogP contribution is -2.18. The van der Waals surface area contributed by atoms with Crippen molar-refractivity contribution >= 4 is 15.7 Å². The zero-order valence-corrected chi connectivity index (χ0v) is 16.5. The number of nitrogens with one attached hydrogen (secondary N) is 1. The molecule has 2 aromatic carbocycles. The maximum Gasteiger partial charge on any atom is 0.387 e. The van der Waals surface area contributed by atoms with Crippen LogP contribution < -0.4 is 9.46 Å². The van der Waals surface area contributed by atoms with Crippen LogP contribution in [-0.2, 0) is 10.0 Å². The summed E-state index contributed by atoms with van der Waals surface area (Å²) in [4.78, 5) is 0.169. The summed E-state index contributed by atoms with van der Waals surface area (Å²) in [5.41, 5.74) is 4.80. The first kappa shape index (κ1) is 20.2. The van der Waals surface area contributed by atoms with E-state index in [1.54, 1.807) is 26.8 Å². The molecule has 1 N–H and O–H groups in total. The number of halogens is 2. The molecule has 0 unspecified atom stereocenters. The van der Waals surface area contributed by atoms with E-state index in [-0.39, 0.29) is 16.3 Å². The molecule has 26 heavy (non-hydrogen) atoms. The number of benzene rings is 2. The van der Waals surface area contributed by atoms with Crippen LogP contribution in [0.25, 0.3) is 0 Å². The van der Waals surface area contributed by atoms with Crippen LogP contribution in [-0.4, -0.2) is 15.0 Å². The molecule has 0 fully saturated rings. The van der Waals surface area contributed by atoms with Gasteiger partial charge in [-0.3, -0.25) is 4.72 Å². The van der Waals surface area contributed by atoms with Crippen molar-refractivity contribution in [1.29, 1.82) is 0 Å². The summed E-state index contributed by atoms with van der Waals surface area (Å²) in [5.74, 6) is -0.218. The van der Waals surface area contributed by atoms with E-state index in [9.17, 15) is 17.2 Å². The Morgan fingerprint density at radius 1 is 0.885 bits per heavy atom. The molecule has 142 valence electrons. The summed E-state index contributed by atoms with van der Waals surface area (Å²) in [6.45, 7) is 7.87. The van der Waals surface area contributed by atoms with Gasteiger partial charge >= 0.3 is 6.61 Å². The number of alkyl halides is 2. The lowest BCUT2D eigenvalue weighted by Gasteiger charge is -2.20. The zero-order chi connectivity index (χ0) is 19.8. The standard InChI is InChI=1S/C19H23F2NO3S/c1-10-7-8-17(25-19(20)21)16(9-10)22-26(23,24)18-14(5)12(3)11(2)13(4)15(18)6/h7-9,19,22H,1-6H3. The normalized spacial score (nSPS) is 11.7. The summed E-state index contributed by atoms with van der Waals surface area (Å²) < 4.78 is 58.2. The summed E-state index contributed by atoms with van der Waals surface area (Å²) >= 11 is 0. The molecule has 0 saturated heterocycles. The third kappa shape index (κ3) is 3.82. The number of aryl methyl sites for hydroxylation is 1. The molecule has 0 spiro atoms. The molecule has 0 aliphatic carbocycles. The van der Waals surface area contributed by atoms with E-state index in [0.717, 1.165) is 16.7 Å². The van der Waals surface area contributed by atoms with Crippen LogP contribution in [0.2, 0.25) is 0 Å². The van der Waals surface area contributed by atoms with Crippen LogP contribution >= 0.6 is 0 Å². The molecule has 0 radical (unpaired) electrons. The summed E-state index contributed by atoms with van der Waals surface area (Å²) in [7, 11) is -3.99. The van der Waals surface area contributed by atoms with Gasteiger partial charge in [0.2, 0.25) is 0 Å². The van der Waals surface area contributed by atoms with Gasteiger partial charge in [-0.15, -0.1) is 0 Å². The van der Waals surface area contributed by atoms with Gasteiger partial charge in [0.15, 0.2) is 0 Å². The van der Waals surface area contributed by atoms with Crippen LogP contribution in [0, 0.1) is 41.5 Å². The number of rotatable bonds is 5. The van der Waals surface area contributed by atoms with Crippen LogP contribution in [0.4, 0.5) is 14.5 Å². The number of hydrogen-bond donors (Lipinski definition) is 1. The molecule has 2 rings (SSSR count). The highest BCUT2D eigenvalue weighted by molar-refractivity contribution is 7.92. The molecule has 0 amide bonds. The van der Waals surface area contributed by atoms with E-state index in [0.29, 0.717) is 16.7 Å². The molecule has 0 heterocycles. The Balaban J connectivity index is 2.60. The van der Waals surface area contributed by atoms with Crippen molar-refractivity contribution in [2.45, 2.75) is 53.0 Å². The molecule has 0 aliphatic heterocycles. The lowest BCUT2D eigenvalue weighted by molar-refractivity contribution is -0.0493. The van der Waals surface area contributed by atoms with E-state index in [2.05, 4.69) is 9.46 Å². The summed E-state index contributed by atoms with van der Waals surface area (Å²) in [5, 5.41) is 0. The summed E-state index contributed by atoms with van der Waals surface area (Å²) in [6, 6.07) is 4.37. The quantitative estimate of drug-likeness (QED) is 0.796. The molecular weight excluding hydrogens is 360 g/mol. The fourth-order valence-electron chi connectivity index (χ4n) is 2.99. The maximum absolute atomic E-state index is 13.1. The Kier molecular flexibility index (Phi) is 5.61. The molecule has 0 aliphatic rings. The minimum atomic E-state index is -3.99. The Labute approximate surface area is 153 Å². The molecule has 2 aromatic rings. The lowest BCUT2D eigenvalue weighted by atomic mass is 9.95. The number of anilines is 1. The van der Waals surface area contributed by atoms with E-state index >= 15 is 0 Å². The van der Waals surface area contributed by atoms with Crippen LogP contribution in [0.1, 0.15) is 33.4 Å². The van der Waals surface area contributed by atoms with Crippen LogP contribution in [0.15, 0.2) is 23.1 Å². The van der Waals surface area contributed by atoms with Gasteiger partial charge in [0.25, 0.3) is 10.0 Å². The van der Waals surface area contributed by atoms with Gasteiger partial charge in [-0.1, -0.05) is 6.07 Å². The van der Waals surface area contributed by atoms with Crippen molar-refractivity contribution < 1.29 is 21.9 Å². The van der Waals surface area contributed by atoms with E-state index in [4.69, 9.17) is 0 Å². The first-order valence-corrected chi connectivity index (χ1v) is 9.59. The average Bonchev–Trinajstić information content (AvgIpc) is 2.53. The monoisotopic (exact) mass is 383 g/mol. The number of hydrogen-bond acceptors (Lipinski definition) is 3. The third-order valence-electron chi connectivity index (χ3n) is 4.80. The van der Waals surface area contributed by atoms with E-state index in [1.165, 1.54) is 12.1 Å². The molecule has 0 bridgehead atoms. The highest BCUT2D eigenvalue weighted by atomic mass is 32.2. The van der Waals surface area contributed by atoms with E-state index in [1.807, 2.05) is 20.8 Å². The largest absolute Gasteiger partial charge is 0.433 e. The molecule has 0 atom stereocenters. The van der Waals surface area contributed by atoms with Crippen molar-refractivity contribution in [2.75, 3.05) is 4.72 Å². The zero-order valence-electron chi connectivity index (χ0n) is 15.7. The Morgan fingerprint density at radius 2 is 1.38 bits per heavy atom. The van der Waals surface area contributed by atoms with Crippen molar-refractivity contribution in [3.63, 3.8) is 0 Å². The third-order valence-corrected chi connectivity index (χ3v) is 6.43. The second-order valence-electron chi connectivity index (χ2n) is 6.44. The maximum atomic E-state index is 13.1. The average molecular weight is 383 g/mol. The predicted octanol–water partition coefficient (Wildman–Crippen LogP) is 4.94. The minimum Gasteiger partial charge on any atom is -0.433 e. The fraction of sp³-hybridized carbons (Fsp3) is 0.368. The fourth-order valence-corrected chi connectivity index (χ4v) is 4.65. The second kappa shape index (κ2) is 7.23. The van der Waals surface area contributed by atoms with Gasteiger partial charge < -0.3 is 4.74 Å².